The number of rotatable bonds is 8. The van der Waals surface area contributed by atoms with Gasteiger partial charge in [0.05, 0.1) is 32.6 Å². The van der Waals surface area contributed by atoms with Gasteiger partial charge >= 0.3 is 0 Å². The third kappa shape index (κ3) is 6.32. The second kappa shape index (κ2) is 11.1. The Morgan fingerprint density at radius 3 is 2.62 bits per heavy atom. The lowest BCUT2D eigenvalue weighted by Crippen LogP contribution is -2.38. The molecule has 2 aliphatic heterocycles. The van der Waals surface area contributed by atoms with Crippen molar-refractivity contribution in [2.24, 2.45) is 5.10 Å². The van der Waals surface area contributed by atoms with Crippen LogP contribution < -0.4 is 15.1 Å². The SMILES string of the molecule is Cc1ccc(O)c(/C=N/Nc2cc(N3CCOCC3)cc(OCCN3CCOCC3)n2)c1. The minimum atomic E-state index is 0.184. The summed E-state index contributed by atoms with van der Waals surface area (Å²) in [6.07, 6.45) is 1.59. The number of ether oxygens (including phenoxy) is 3. The minimum absolute atomic E-state index is 0.184. The summed E-state index contributed by atoms with van der Waals surface area (Å²) >= 11 is 0. The fourth-order valence-electron chi connectivity index (χ4n) is 3.68. The van der Waals surface area contributed by atoms with Gasteiger partial charge in [0.1, 0.15) is 12.4 Å². The largest absolute Gasteiger partial charge is 0.507 e. The van der Waals surface area contributed by atoms with Crippen LogP contribution in [-0.2, 0) is 9.47 Å². The second-order valence-corrected chi connectivity index (χ2v) is 7.88. The number of hydrogen-bond donors (Lipinski definition) is 2. The van der Waals surface area contributed by atoms with E-state index in [4.69, 9.17) is 14.2 Å². The standard InChI is InChI=1S/C23H31N5O4/c1-18-2-3-21(29)19(14-18)17-24-26-22-15-20(28-7-11-31-12-8-28)16-23(25-22)32-13-6-27-4-9-30-10-5-27/h2-3,14-17,29H,4-13H2,1H3,(H,25,26)/b24-17+. The first-order valence-corrected chi connectivity index (χ1v) is 11.0. The van der Waals surface area contributed by atoms with E-state index >= 15 is 0 Å². The zero-order chi connectivity index (χ0) is 22.2. The van der Waals surface area contributed by atoms with Crippen LogP contribution in [-0.4, -0.2) is 87.0 Å². The Labute approximate surface area is 188 Å². The van der Waals surface area contributed by atoms with Crippen LogP contribution in [0.1, 0.15) is 11.1 Å². The van der Waals surface area contributed by atoms with E-state index in [0.717, 1.165) is 57.2 Å². The lowest BCUT2D eigenvalue weighted by Gasteiger charge is -2.29. The average molecular weight is 442 g/mol. The molecule has 1 aromatic carbocycles. The van der Waals surface area contributed by atoms with Gasteiger partial charge in [0.25, 0.3) is 0 Å². The van der Waals surface area contributed by atoms with Crippen LogP contribution in [0.15, 0.2) is 35.4 Å². The number of nitrogens with zero attached hydrogens (tertiary/aromatic N) is 4. The van der Waals surface area contributed by atoms with Crippen LogP contribution in [0.4, 0.5) is 11.5 Å². The third-order valence-electron chi connectivity index (χ3n) is 5.49. The summed E-state index contributed by atoms with van der Waals surface area (Å²) in [7, 11) is 0. The number of hydrazone groups is 1. The van der Waals surface area contributed by atoms with Crippen molar-refractivity contribution in [3.8, 4) is 11.6 Å². The van der Waals surface area contributed by atoms with Gasteiger partial charge in [0.2, 0.25) is 5.88 Å². The van der Waals surface area contributed by atoms with E-state index in [1.54, 1.807) is 12.3 Å². The van der Waals surface area contributed by atoms with Gasteiger partial charge in [-0.1, -0.05) is 11.6 Å². The van der Waals surface area contributed by atoms with Gasteiger partial charge in [-0.15, -0.1) is 0 Å². The number of hydrogen-bond acceptors (Lipinski definition) is 9. The van der Waals surface area contributed by atoms with Crippen molar-refractivity contribution in [1.82, 2.24) is 9.88 Å². The quantitative estimate of drug-likeness (QED) is 0.475. The molecule has 9 heteroatoms. The highest BCUT2D eigenvalue weighted by molar-refractivity contribution is 5.84. The van der Waals surface area contributed by atoms with Crippen LogP contribution in [0.3, 0.4) is 0 Å². The Hall–Kier alpha value is -2.88. The summed E-state index contributed by atoms with van der Waals surface area (Å²) in [4.78, 5) is 9.15. The molecule has 0 aliphatic carbocycles. The second-order valence-electron chi connectivity index (χ2n) is 7.88. The molecule has 0 atom stereocenters. The van der Waals surface area contributed by atoms with Crippen LogP contribution in [0.2, 0.25) is 0 Å². The molecule has 2 fully saturated rings. The van der Waals surface area contributed by atoms with Gasteiger partial charge < -0.3 is 24.2 Å². The zero-order valence-electron chi connectivity index (χ0n) is 18.5. The molecule has 32 heavy (non-hydrogen) atoms. The van der Waals surface area contributed by atoms with Crippen molar-refractivity contribution >= 4 is 17.7 Å². The lowest BCUT2D eigenvalue weighted by atomic mass is 10.1. The summed E-state index contributed by atoms with van der Waals surface area (Å²) in [6, 6.07) is 9.31. The molecule has 0 radical (unpaired) electrons. The highest BCUT2D eigenvalue weighted by Crippen LogP contribution is 2.25. The molecular weight excluding hydrogens is 410 g/mol. The van der Waals surface area contributed by atoms with E-state index < -0.39 is 0 Å². The molecule has 2 aliphatic rings. The van der Waals surface area contributed by atoms with Gasteiger partial charge in [-0.25, -0.2) is 0 Å². The monoisotopic (exact) mass is 441 g/mol. The van der Waals surface area contributed by atoms with Gasteiger partial charge in [0, 0.05) is 56.1 Å². The molecule has 2 N–H and O–H groups in total. The Bertz CT molecular complexity index is 911. The number of pyridine rings is 1. The summed E-state index contributed by atoms with van der Waals surface area (Å²) in [5.41, 5.74) is 5.69. The summed E-state index contributed by atoms with van der Waals surface area (Å²) in [5.74, 6) is 1.32. The first kappa shape index (κ1) is 22.3. The molecule has 3 heterocycles. The molecule has 4 rings (SSSR count). The van der Waals surface area contributed by atoms with E-state index in [9.17, 15) is 5.11 Å². The maximum absolute atomic E-state index is 10.0. The molecule has 0 amide bonds. The first-order valence-electron chi connectivity index (χ1n) is 11.0. The highest BCUT2D eigenvalue weighted by Gasteiger charge is 2.15. The number of phenolic OH excluding ortho intramolecular Hbond substituents is 1. The van der Waals surface area contributed by atoms with E-state index in [1.807, 2.05) is 31.2 Å². The predicted molar refractivity (Wildman–Crippen MR) is 124 cm³/mol. The van der Waals surface area contributed by atoms with Crippen molar-refractivity contribution in [3.05, 3.63) is 41.5 Å². The van der Waals surface area contributed by atoms with Crippen molar-refractivity contribution in [2.45, 2.75) is 6.92 Å². The van der Waals surface area contributed by atoms with Crippen LogP contribution in [0.25, 0.3) is 0 Å². The molecule has 0 saturated carbocycles. The van der Waals surface area contributed by atoms with Gasteiger partial charge in [0.15, 0.2) is 5.82 Å². The normalized spacial score (nSPS) is 17.6. The fourth-order valence-corrected chi connectivity index (χ4v) is 3.68. The Morgan fingerprint density at radius 2 is 1.84 bits per heavy atom. The third-order valence-corrected chi connectivity index (χ3v) is 5.49. The molecule has 1 aromatic heterocycles. The average Bonchev–Trinajstić information content (AvgIpc) is 2.82. The van der Waals surface area contributed by atoms with Crippen molar-refractivity contribution < 1.29 is 19.3 Å². The van der Waals surface area contributed by atoms with E-state index in [2.05, 4.69) is 25.3 Å². The van der Waals surface area contributed by atoms with E-state index in [-0.39, 0.29) is 5.75 Å². The van der Waals surface area contributed by atoms with E-state index in [0.29, 0.717) is 37.1 Å². The molecule has 0 bridgehead atoms. The van der Waals surface area contributed by atoms with Crippen molar-refractivity contribution in [2.75, 3.05) is 76.1 Å². The molecule has 172 valence electrons. The van der Waals surface area contributed by atoms with Gasteiger partial charge in [-0.3, -0.25) is 10.3 Å². The number of aryl methyl sites for hydroxylation is 1. The Morgan fingerprint density at radius 1 is 1.09 bits per heavy atom. The van der Waals surface area contributed by atoms with E-state index in [1.165, 1.54) is 0 Å². The Balaban J connectivity index is 1.44. The number of aromatic nitrogens is 1. The van der Waals surface area contributed by atoms with Crippen LogP contribution >= 0.6 is 0 Å². The number of morpholine rings is 2. The topological polar surface area (TPSA) is 91.7 Å². The summed E-state index contributed by atoms with van der Waals surface area (Å²) in [5, 5.41) is 14.3. The predicted octanol–water partition coefficient (Wildman–Crippen LogP) is 2.09. The molecular formula is C23H31N5O4. The molecule has 2 saturated heterocycles. The molecule has 0 unspecified atom stereocenters. The number of nitrogens with one attached hydrogen (secondary N) is 1. The van der Waals surface area contributed by atoms with Gasteiger partial charge in [-0.2, -0.15) is 10.1 Å². The van der Waals surface area contributed by atoms with Crippen LogP contribution in [0.5, 0.6) is 11.6 Å². The molecule has 2 aromatic rings. The maximum Gasteiger partial charge on any atom is 0.217 e. The zero-order valence-corrected chi connectivity index (χ0v) is 18.5. The Kier molecular flexibility index (Phi) is 7.76. The van der Waals surface area contributed by atoms with Gasteiger partial charge in [-0.05, 0) is 19.1 Å². The van der Waals surface area contributed by atoms with Crippen molar-refractivity contribution in [1.29, 1.82) is 0 Å². The first-order chi connectivity index (χ1) is 15.7. The lowest BCUT2D eigenvalue weighted by molar-refractivity contribution is 0.0320. The van der Waals surface area contributed by atoms with Crippen LogP contribution in [0, 0.1) is 6.92 Å². The molecule has 0 spiro atoms. The fraction of sp³-hybridized carbons (Fsp3) is 0.478. The summed E-state index contributed by atoms with van der Waals surface area (Å²) in [6.45, 7) is 9.79. The van der Waals surface area contributed by atoms with Crippen molar-refractivity contribution in [3.63, 3.8) is 0 Å². The maximum atomic E-state index is 10.0. The summed E-state index contributed by atoms with van der Waals surface area (Å²) < 4.78 is 16.9. The molecule has 9 nitrogen and oxygen atoms in total. The number of aromatic hydroxyl groups is 1. The number of anilines is 2. The minimum Gasteiger partial charge on any atom is -0.507 e. The highest BCUT2D eigenvalue weighted by atomic mass is 16.5. The number of benzene rings is 1. The smallest absolute Gasteiger partial charge is 0.217 e. The number of phenols is 1.